The first-order chi connectivity index (χ1) is 11.3. The Morgan fingerprint density at radius 3 is 3.00 bits per heavy atom. The van der Waals surface area contributed by atoms with Crippen molar-refractivity contribution in [1.82, 2.24) is 25.1 Å². The molecule has 3 aromatic rings. The first-order valence-electron chi connectivity index (χ1n) is 7.20. The number of hydrogen-bond acceptors (Lipinski definition) is 7. The summed E-state index contributed by atoms with van der Waals surface area (Å²) in [4.78, 5) is 12.8. The second-order valence-electron chi connectivity index (χ2n) is 5.10. The second kappa shape index (κ2) is 6.03. The summed E-state index contributed by atoms with van der Waals surface area (Å²) in [5, 5.41) is 19.0. The number of amides is 1. The maximum Gasteiger partial charge on any atom is 0.254 e. The van der Waals surface area contributed by atoms with Gasteiger partial charge in [0.2, 0.25) is 4.96 Å². The molecular formula is C14H14N6O2S. The minimum absolute atomic E-state index is 0.135. The molecule has 1 saturated heterocycles. The predicted octanol–water partition coefficient (Wildman–Crippen LogP) is 0.780. The van der Waals surface area contributed by atoms with Gasteiger partial charge < -0.3 is 15.4 Å². The Bertz CT molecular complexity index is 793. The van der Waals surface area contributed by atoms with E-state index >= 15 is 0 Å². The van der Waals surface area contributed by atoms with E-state index in [-0.39, 0.29) is 5.91 Å². The van der Waals surface area contributed by atoms with Crippen LogP contribution in [0.4, 0.5) is 5.69 Å². The Kier molecular flexibility index (Phi) is 3.74. The van der Waals surface area contributed by atoms with Crippen LogP contribution in [-0.2, 0) is 9.53 Å². The summed E-state index contributed by atoms with van der Waals surface area (Å²) in [7, 11) is 0. The molecule has 0 bridgehead atoms. The van der Waals surface area contributed by atoms with E-state index in [0.717, 1.165) is 27.8 Å². The zero-order valence-corrected chi connectivity index (χ0v) is 12.9. The molecule has 0 unspecified atom stereocenters. The number of carbonyl (C=O) groups is 1. The fourth-order valence-electron chi connectivity index (χ4n) is 2.33. The van der Waals surface area contributed by atoms with Crippen LogP contribution in [0.3, 0.4) is 0 Å². The lowest BCUT2D eigenvalue weighted by atomic mass is 10.2. The number of anilines is 1. The van der Waals surface area contributed by atoms with Gasteiger partial charge in [-0.15, -0.1) is 10.2 Å². The van der Waals surface area contributed by atoms with Gasteiger partial charge in [-0.25, -0.2) is 0 Å². The van der Waals surface area contributed by atoms with E-state index in [4.69, 9.17) is 4.74 Å². The van der Waals surface area contributed by atoms with Crippen LogP contribution in [0.25, 0.3) is 15.5 Å². The predicted molar refractivity (Wildman–Crippen MR) is 85.3 cm³/mol. The van der Waals surface area contributed by atoms with Crippen molar-refractivity contribution in [2.45, 2.75) is 6.10 Å². The third-order valence-electron chi connectivity index (χ3n) is 3.51. The van der Waals surface area contributed by atoms with Gasteiger partial charge in [-0.2, -0.15) is 9.61 Å². The van der Waals surface area contributed by atoms with E-state index in [2.05, 4.69) is 25.9 Å². The van der Waals surface area contributed by atoms with Crippen molar-refractivity contribution >= 4 is 27.9 Å². The lowest BCUT2D eigenvalue weighted by Crippen LogP contribution is -2.45. The van der Waals surface area contributed by atoms with E-state index in [1.165, 1.54) is 11.3 Å². The standard InChI is InChI=1S/C14H14N6O2S/c21-12(11-7-15-5-6-22-11)17-10-3-1-9(2-4-10)13-19-20-8-16-18-14(20)23-13/h1-4,8,11,15H,5-7H2,(H,17,21)/t11-/m1/s1. The number of benzene rings is 1. The van der Waals surface area contributed by atoms with E-state index in [0.29, 0.717) is 13.2 Å². The molecule has 0 aliphatic carbocycles. The van der Waals surface area contributed by atoms with Crippen molar-refractivity contribution in [2.24, 2.45) is 0 Å². The molecule has 0 radical (unpaired) electrons. The van der Waals surface area contributed by atoms with Crippen LogP contribution in [0.5, 0.6) is 0 Å². The van der Waals surface area contributed by atoms with Crippen LogP contribution in [-0.4, -0.2) is 51.5 Å². The molecule has 1 aliphatic rings. The van der Waals surface area contributed by atoms with E-state index in [1.807, 2.05) is 24.3 Å². The SMILES string of the molecule is O=C(Nc1ccc(-c2nn3cnnc3s2)cc1)[C@H]1CNCCO1. The van der Waals surface area contributed by atoms with Gasteiger partial charge >= 0.3 is 0 Å². The van der Waals surface area contributed by atoms with E-state index < -0.39 is 6.10 Å². The number of ether oxygens (including phenoxy) is 1. The van der Waals surface area contributed by atoms with Gasteiger partial charge in [0.25, 0.3) is 5.91 Å². The maximum absolute atomic E-state index is 12.1. The largest absolute Gasteiger partial charge is 0.366 e. The van der Waals surface area contributed by atoms with Crippen LogP contribution in [0.15, 0.2) is 30.6 Å². The molecule has 3 heterocycles. The number of morpholine rings is 1. The van der Waals surface area contributed by atoms with Gasteiger partial charge in [-0.05, 0) is 24.3 Å². The zero-order chi connectivity index (χ0) is 15.6. The van der Waals surface area contributed by atoms with Gasteiger partial charge in [-0.1, -0.05) is 11.3 Å². The summed E-state index contributed by atoms with van der Waals surface area (Å²) < 4.78 is 7.07. The Balaban J connectivity index is 1.47. The first kappa shape index (κ1) is 14.2. The average molecular weight is 330 g/mol. The molecule has 9 heteroatoms. The molecule has 0 saturated carbocycles. The lowest BCUT2D eigenvalue weighted by Gasteiger charge is -2.22. The quantitative estimate of drug-likeness (QED) is 0.737. The summed E-state index contributed by atoms with van der Waals surface area (Å²) in [6.07, 6.45) is 1.13. The summed E-state index contributed by atoms with van der Waals surface area (Å²) >= 11 is 1.46. The van der Waals surface area contributed by atoms with Crippen molar-refractivity contribution in [3.8, 4) is 10.6 Å². The van der Waals surface area contributed by atoms with E-state index in [9.17, 15) is 4.79 Å². The highest BCUT2D eigenvalue weighted by atomic mass is 32.1. The molecule has 1 aromatic carbocycles. The molecule has 1 aliphatic heterocycles. The highest BCUT2D eigenvalue weighted by molar-refractivity contribution is 7.19. The number of nitrogens with one attached hydrogen (secondary N) is 2. The third-order valence-corrected chi connectivity index (χ3v) is 4.47. The maximum atomic E-state index is 12.1. The van der Waals surface area contributed by atoms with Crippen molar-refractivity contribution in [1.29, 1.82) is 0 Å². The van der Waals surface area contributed by atoms with Gasteiger partial charge in [-0.3, -0.25) is 4.79 Å². The fourth-order valence-corrected chi connectivity index (χ4v) is 3.15. The molecule has 2 N–H and O–H groups in total. The number of fused-ring (bicyclic) bond motifs is 1. The first-order valence-corrected chi connectivity index (χ1v) is 8.02. The average Bonchev–Trinajstić information content (AvgIpc) is 3.18. The normalized spacial score (nSPS) is 18.2. The molecule has 1 fully saturated rings. The number of aromatic nitrogens is 4. The van der Waals surface area contributed by atoms with Crippen molar-refractivity contribution < 1.29 is 9.53 Å². The van der Waals surface area contributed by atoms with E-state index in [1.54, 1.807) is 10.8 Å². The van der Waals surface area contributed by atoms with Crippen LogP contribution in [0.1, 0.15) is 0 Å². The van der Waals surface area contributed by atoms with Gasteiger partial charge in [0.15, 0.2) is 0 Å². The smallest absolute Gasteiger partial charge is 0.254 e. The third kappa shape index (κ3) is 2.93. The minimum Gasteiger partial charge on any atom is -0.366 e. The topological polar surface area (TPSA) is 93.4 Å². The highest BCUT2D eigenvalue weighted by Crippen LogP contribution is 2.25. The van der Waals surface area contributed by atoms with Gasteiger partial charge in [0, 0.05) is 24.3 Å². The van der Waals surface area contributed by atoms with Crippen molar-refractivity contribution in [2.75, 3.05) is 25.0 Å². The van der Waals surface area contributed by atoms with Gasteiger partial charge in [0.05, 0.1) is 6.61 Å². The number of carbonyl (C=O) groups excluding carboxylic acids is 1. The van der Waals surface area contributed by atoms with Crippen LogP contribution in [0, 0.1) is 0 Å². The van der Waals surface area contributed by atoms with Crippen LogP contribution >= 0.6 is 11.3 Å². The summed E-state index contributed by atoms with van der Waals surface area (Å²) in [6, 6.07) is 7.54. The molecule has 23 heavy (non-hydrogen) atoms. The monoisotopic (exact) mass is 330 g/mol. The Hall–Kier alpha value is -2.36. The molecule has 4 rings (SSSR count). The van der Waals surface area contributed by atoms with Gasteiger partial charge in [0.1, 0.15) is 17.4 Å². The molecule has 2 aromatic heterocycles. The van der Waals surface area contributed by atoms with Crippen molar-refractivity contribution in [3.63, 3.8) is 0 Å². The molecular weight excluding hydrogens is 316 g/mol. The zero-order valence-electron chi connectivity index (χ0n) is 12.1. The highest BCUT2D eigenvalue weighted by Gasteiger charge is 2.21. The number of hydrogen-bond donors (Lipinski definition) is 2. The molecule has 0 spiro atoms. The molecule has 8 nitrogen and oxygen atoms in total. The lowest BCUT2D eigenvalue weighted by molar-refractivity contribution is -0.128. The number of rotatable bonds is 3. The summed E-state index contributed by atoms with van der Waals surface area (Å²) in [5.41, 5.74) is 1.70. The van der Waals surface area contributed by atoms with Crippen molar-refractivity contribution in [3.05, 3.63) is 30.6 Å². The van der Waals surface area contributed by atoms with Crippen LogP contribution < -0.4 is 10.6 Å². The number of nitrogens with zero attached hydrogens (tertiary/aromatic N) is 4. The molecule has 118 valence electrons. The Morgan fingerprint density at radius 1 is 1.39 bits per heavy atom. The summed E-state index contributed by atoms with van der Waals surface area (Å²) in [5.74, 6) is -0.135. The molecule has 1 atom stereocenters. The Labute approximate surface area is 135 Å². The summed E-state index contributed by atoms with van der Waals surface area (Å²) in [6.45, 7) is 1.87. The van der Waals surface area contributed by atoms with Crippen LogP contribution in [0.2, 0.25) is 0 Å². The Morgan fingerprint density at radius 2 is 2.26 bits per heavy atom. The second-order valence-corrected chi connectivity index (χ2v) is 6.05. The fraction of sp³-hybridized carbons (Fsp3) is 0.286. The molecule has 1 amide bonds. The minimum atomic E-state index is -0.442.